The van der Waals surface area contributed by atoms with Crippen LogP contribution in [-0.2, 0) is 19.4 Å². The van der Waals surface area contributed by atoms with E-state index in [0.29, 0.717) is 44.6 Å². The molecular weight excluding hydrogens is 346 g/mol. The van der Waals surface area contributed by atoms with Crippen molar-refractivity contribution in [2.45, 2.75) is 43.0 Å². The second-order valence-corrected chi connectivity index (χ2v) is 8.15. The topological polar surface area (TPSA) is 101 Å². The molecule has 1 aromatic carbocycles. The van der Waals surface area contributed by atoms with Gasteiger partial charge in [-0.2, -0.15) is 0 Å². The van der Waals surface area contributed by atoms with Crippen molar-refractivity contribution in [3.8, 4) is 5.75 Å². The maximum absolute atomic E-state index is 12.1. The second kappa shape index (κ2) is 8.33. The summed E-state index contributed by atoms with van der Waals surface area (Å²) in [4.78, 5) is 24.9. The Kier molecular flexibility index (Phi) is 6.41. The summed E-state index contributed by atoms with van der Waals surface area (Å²) in [5.74, 6) is -0.488. The van der Waals surface area contributed by atoms with E-state index in [-0.39, 0.29) is 10.8 Å². The SMILES string of the molecule is CS(=O)(=O)c1ccc(OCCCCC(=O)N2CCCC2C(=O)O)cc1. The molecule has 1 fully saturated rings. The van der Waals surface area contributed by atoms with Crippen molar-refractivity contribution in [1.29, 1.82) is 0 Å². The summed E-state index contributed by atoms with van der Waals surface area (Å²) < 4.78 is 28.3. The standard InChI is InChI=1S/C17H23NO6S/c1-25(22,23)14-9-7-13(8-10-14)24-12-3-2-6-16(19)18-11-4-5-15(18)17(20)21/h7-10,15H,2-6,11-12H2,1H3,(H,20,21). The van der Waals surface area contributed by atoms with Crippen LogP contribution < -0.4 is 4.74 Å². The van der Waals surface area contributed by atoms with Crippen LogP contribution >= 0.6 is 0 Å². The van der Waals surface area contributed by atoms with Gasteiger partial charge in [-0.15, -0.1) is 0 Å². The number of rotatable bonds is 8. The van der Waals surface area contributed by atoms with Crippen LogP contribution in [0.15, 0.2) is 29.2 Å². The number of aliphatic carboxylic acids is 1. The van der Waals surface area contributed by atoms with Gasteiger partial charge in [-0.3, -0.25) is 4.79 Å². The van der Waals surface area contributed by atoms with Gasteiger partial charge in [-0.05, 0) is 49.9 Å². The van der Waals surface area contributed by atoms with Gasteiger partial charge in [0.15, 0.2) is 9.84 Å². The number of carbonyl (C=O) groups excluding carboxylic acids is 1. The van der Waals surface area contributed by atoms with Crippen molar-refractivity contribution in [1.82, 2.24) is 4.90 Å². The summed E-state index contributed by atoms with van der Waals surface area (Å²) in [6, 6.07) is 5.50. The number of carbonyl (C=O) groups is 2. The molecule has 1 heterocycles. The lowest BCUT2D eigenvalue weighted by Gasteiger charge is -2.21. The highest BCUT2D eigenvalue weighted by atomic mass is 32.2. The molecular formula is C17H23NO6S. The first-order chi connectivity index (χ1) is 11.8. The van der Waals surface area contributed by atoms with E-state index in [2.05, 4.69) is 0 Å². The van der Waals surface area contributed by atoms with Gasteiger partial charge >= 0.3 is 5.97 Å². The summed E-state index contributed by atoms with van der Waals surface area (Å²) in [7, 11) is -3.22. The minimum absolute atomic E-state index is 0.123. The van der Waals surface area contributed by atoms with Crippen molar-refractivity contribution in [2.24, 2.45) is 0 Å². The molecule has 1 N–H and O–H groups in total. The fraction of sp³-hybridized carbons (Fsp3) is 0.529. The number of carboxylic acids is 1. The lowest BCUT2D eigenvalue weighted by Crippen LogP contribution is -2.40. The largest absolute Gasteiger partial charge is 0.494 e. The zero-order chi connectivity index (χ0) is 18.4. The molecule has 1 unspecified atom stereocenters. The van der Waals surface area contributed by atoms with Crippen LogP contribution in [-0.4, -0.2) is 55.7 Å². The molecule has 0 aliphatic carbocycles. The fourth-order valence-electron chi connectivity index (χ4n) is 2.82. The quantitative estimate of drug-likeness (QED) is 0.700. The fourth-order valence-corrected chi connectivity index (χ4v) is 3.45. The Morgan fingerprint density at radius 2 is 1.92 bits per heavy atom. The molecule has 1 saturated heterocycles. The summed E-state index contributed by atoms with van der Waals surface area (Å²) in [6.45, 7) is 0.923. The summed E-state index contributed by atoms with van der Waals surface area (Å²) in [5.41, 5.74) is 0. The number of ether oxygens (including phenoxy) is 1. The highest BCUT2D eigenvalue weighted by molar-refractivity contribution is 7.90. The molecule has 0 aromatic heterocycles. The molecule has 8 heteroatoms. The second-order valence-electron chi connectivity index (χ2n) is 6.13. The van der Waals surface area contributed by atoms with Gasteiger partial charge < -0.3 is 14.7 Å². The average Bonchev–Trinajstić information content (AvgIpc) is 3.04. The molecule has 0 saturated carbocycles. The molecule has 1 aliphatic rings. The van der Waals surface area contributed by atoms with Gasteiger partial charge in [0.1, 0.15) is 11.8 Å². The van der Waals surface area contributed by atoms with Crippen LogP contribution in [0.25, 0.3) is 0 Å². The van der Waals surface area contributed by atoms with Gasteiger partial charge in [0.25, 0.3) is 0 Å². The van der Waals surface area contributed by atoms with Crippen LogP contribution in [0, 0.1) is 0 Å². The van der Waals surface area contributed by atoms with E-state index in [9.17, 15) is 18.0 Å². The number of likely N-dealkylation sites (tertiary alicyclic amines) is 1. The van der Waals surface area contributed by atoms with E-state index in [0.717, 1.165) is 12.7 Å². The molecule has 1 atom stereocenters. The van der Waals surface area contributed by atoms with E-state index in [1.165, 1.54) is 17.0 Å². The molecule has 0 spiro atoms. The van der Waals surface area contributed by atoms with E-state index in [1.54, 1.807) is 12.1 Å². The number of benzene rings is 1. The average molecular weight is 369 g/mol. The Labute approximate surface area is 147 Å². The zero-order valence-corrected chi connectivity index (χ0v) is 15.0. The van der Waals surface area contributed by atoms with Gasteiger partial charge in [0.05, 0.1) is 11.5 Å². The van der Waals surface area contributed by atoms with E-state index >= 15 is 0 Å². The molecule has 0 bridgehead atoms. The Bertz CT molecular complexity index is 713. The van der Waals surface area contributed by atoms with Crippen molar-refractivity contribution in [3.63, 3.8) is 0 Å². The Morgan fingerprint density at radius 3 is 2.52 bits per heavy atom. The number of unbranched alkanes of at least 4 members (excludes halogenated alkanes) is 1. The smallest absolute Gasteiger partial charge is 0.326 e. The van der Waals surface area contributed by atoms with Gasteiger partial charge in [0, 0.05) is 19.2 Å². The zero-order valence-electron chi connectivity index (χ0n) is 14.2. The number of carboxylic acid groups (broad SMARTS) is 1. The monoisotopic (exact) mass is 369 g/mol. The molecule has 0 radical (unpaired) electrons. The van der Waals surface area contributed by atoms with Crippen LogP contribution in [0.5, 0.6) is 5.75 Å². The third-order valence-corrected chi connectivity index (χ3v) is 5.29. The third-order valence-electron chi connectivity index (χ3n) is 4.16. The minimum atomic E-state index is -3.22. The molecule has 2 rings (SSSR count). The lowest BCUT2D eigenvalue weighted by molar-refractivity contribution is -0.148. The summed E-state index contributed by atoms with van der Waals surface area (Å²) in [5, 5.41) is 9.09. The van der Waals surface area contributed by atoms with Crippen LogP contribution in [0.3, 0.4) is 0 Å². The van der Waals surface area contributed by atoms with Gasteiger partial charge in [0.2, 0.25) is 5.91 Å². The molecule has 1 aromatic rings. The summed E-state index contributed by atoms with van der Waals surface area (Å²) in [6.07, 6.45) is 3.98. The maximum Gasteiger partial charge on any atom is 0.326 e. The Balaban J connectivity index is 1.69. The van der Waals surface area contributed by atoms with Gasteiger partial charge in [-0.1, -0.05) is 0 Å². The van der Waals surface area contributed by atoms with Crippen molar-refractivity contribution in [2.75, 3.05) is 19.4 Å². The molecule has 1 aliphatic heterocycles. The first kappa shape index (κ1) is 19.2. The predicted molar refractivity (Wildman–Crippen MR) is 91.3 cm³/mol. The number of sulfone groups is 1. The van der Waals surface area contributed by atoms with E-state index < -0.39 is 21.8 Å². The predicted octanol–water partition coefficient (Wildman–Crippen LogP) is 1.71. The van der Waals surface area contributed by atoms with Gasteiger partial charge in [-0.25, -0.2) is 13.2 Å². The van der Waals surface area contributed by atoms with Crippen LogP contribution in [0.1, 0.15) is 32.1 Å². The maximum atomic E-state index is 12.1. The highest BCUT2D eigenvalue weighted by Crippen LogP contribution is 2.19. The van der Waals surface area contributed by atoms with Crippen LogP contribution in [0.4, 0.5) is 0 Å². The molecule has 25 heavy (non-hydrogen) atoms. The van der Waals surface area contributed by atoms with E-state index in [1.807, 2.05) is 0 Å². The third kappa shape index (κ3) is 5.45. The van der Waals surface area contributed by atoms with Crippen molar-refractivity contribution >= 4 is 21.7 Å². The summed E-state index contributed by atoms with van der Waals surface area (Å²) >= 11 is 0. The first-order valence-electron chi connectivity index (χ1n) is 8.24. The number of amides is 1. The highest BCUT2D eigenvalue weighted by Gasteiger charge is 2.33. The molecule has 7 nitrogen and oxygen atoms in total. The Morgan fingerprint density at radius 1 is 1.24 bits per heavy atom. The van der Waals surface area contributed by atoms with Crippen LogP contribution in [0.2, 0.25) is 0 Å². The number of hydrogen-bond acceptors (Lipinski definition) is 5. The van der Waals surface area contributed by atoms with Crippen molar-refractivity contribution in [3.05, 3.63) is 24.3 Å². The number of hydrogen-bond donors (Lipinski definition) is 1. The normalized spacial score (nSPS) is 17.5. The Hall–Kier alpha value is -2.09. The van der Waals surface area contributed by atoms with E-state index in [4.69, 9.17) is 9.84 Å². The first-order valence-corrected chi connectivity index (χ1v) is 10.1. The molecule has 1 amide bonds. The minimum Gasteiger partial charge on any atom is -0.494 e. The molecule has 138 valence electrons. The van der Waals surface area contributed by atoms with Crippen molar-refractivity contribution < 1.29 is 27.9 Å². The number of nitrogens with zero attached hydrogens (tertiary/aromatic N) is 1. The lowest BCUT2D eigenvalue weighted by atomic mass is 10.2.